The van der Waals surface area contributed by atoms with Crippen molar-refractivity contribution in [1.29, 1.82) is 0 Å². The van der Waals surface area contributed by atoms with Crippen molar-refractivity contribution in [3.8, 4) is 0 Å². The molecule has 0 saturated carbocycles. The minimum atomic E-state index is -0.762. The number of hydrogen-bond donors (Lipinski definition) is 0. The lowest BCUT2D eigenvalue weighted by atomic mass is 9.99. The summed E-state index contributed by atoms with van der Waals surface area (Å²) < 4.78 is 16.8. The highest BCUT2D eigenvalue weighted by Gasteiger charge is 2.19. The quantitative estimate of drug-likeness (QED) is 0.0346. The molecule has 0 heterocycles. The standard InChI is InChI=1S/C52H100O6/c1-6-8-9-10-11-12-13-14-15-16-17-21-27-32-37-42-50(53)56-45-49(58-52(55)44-39-34-29-24-23-25-30-35-40-47(3)4)46-57-51(54)43-38-33-28-22-19-18-20-26-31-36-41-48(5)7-2/h47-49H,6-46H2,1-5H3/t48?,49-/m1/s1. The zero-order valence-corrected chi connectivity index (χ0v) is 39.7. The number of ether oxygens (including phenoxy) is 3. The van der Waals surface area contributed by atoms with Gasteiger partial charge >= 0.3 is 17.9 Å². The van der Waals surface area contributed by atoms with Crippen molar-refractivity contribution in [3.63, 3.8) is 0 Å². The van der Waals surface area contributed by atoms with E-state index in [1.165, 1.54) is 173 Å². The Morgan fingerprint density at radius 1 is 0.362 bits per heavy atom. The van der Waals surface area contributed by atoms with Crippen LogP contribution in [0.1, 0.15) is 285 Å². The second-order valence-corrected chi connectivity index (χ2v) is 18.5. The van der Waals surface area contributed by atoms with Crippen LogP contribution in [-0.2, 0) is 28.6 Å². The van der Waals surface area contributed by atoms with Crippen LogP contribution < -0.4 is 0 Å². The van der Waals surface area contributed by atoms with Gasteiger partial charge in [-0.25, -0.2) is 0 Å². The molecule has 0 rings (SSSR count). The van der Waals surface area contributed by atoms with Crippen LogP contribution in [0.3, 0.4) is 0 Å². The Hall–Kier alpha value is -1.59. The molecule has 0 aromatic heterocycles. The number of hydrogen-bond acceptors (Lipinski definition) is 6. The van der Waals surface area contributed by atoms with E-state index in [2.05, 4.69) is 34.6 Å². The van der Waals surface area contributed by atoms with E-state index in [1.807, 2.05) is 0 Å². The molecule has 0 aliphatic heterocycles. The second kappa shape index (κ2) is 44.9. The second-order valence-electron chi connectivity index (χ2n) is 18.5. The molecule has 0 aliphatic carbocycles. The van der Waals surface area contributed by atoms with Crippen LogP contribution in [0.2, 0.25) is 0 Å². The van der Waals surface area contributed by atoms with E-state index in [4.69, 9.17) is 14.2 Å². The van der Waals surface area contributed by atoms with Crippen molar-refractivity contribution in [2.45, 2.75) is 291 Å². The lowest BCUT2D eigenvalue weighted by molar-refractivity contribution is -0.167. The summed E-state index contributed by atoms with van der Waals surface area (Å²) in [5.74, 6) is 0.812. The molecule has 1 unspecified atom stereocenters. The Morgan fingerprint density at radius 2 is 0.655 bits per heavy atom. The van der Waals surface area contributed by atoms with Crippen molar-refractivity contribution >= 4 is 17.9 Å². The zero-order valence-electron chi connectivity index (χ0n) is 39.7. The molecule has 0 spiro atoms. The summed E-state index contributed by atoms with van der Waals surface area (Å²) in [7, 11) is 0. The van der Waals surface area contributed by atoms with E-state index in [0.29, 0.717) is 19.3 Å². The van der Waals surface area contributed by atoms with Gasteiger partial charge in [0.05, 0.1) is 0 Å². The molecule has 0 aromatic rings. The molecule has 0 fully saturated rings. The highest BCUT2D eigenvalue weighted by Crippen LogP contribution is 2.18. The molecule has 58 heavy (non-hydrogen) atoms. The van der Waals surface area contributed by atoms with Gasteiger partial charge in [0.15, 0.2) is 6.10 Å². The maximum atomic E-state index is 12.8. The summed E-state index contributed by atoms with van der Waals surface area (Å²) in [6.07, 6.45) is 45.1. The normalized spacial score (nSPS) is 12.5. The molecule has 0 saturated heterocycles. The van der Waals surface area contributed by atoms with Gasteiger partial charge in [-0.3, -0.25) is 14.4 Å². The SMILES string of the molecule is CCCCCCCCCCCCCCCCCC(=O)OC[C@H](COC(=O)CCCCCCCCCCCCC(C)CC)OC(=O)CCCCCCCCCCC(C)C. The fourth-order valence-electron chi connectivity index (χ4n) is 7.78. The molecule has 0 aromatic carbocycles. The van der Waals surface area contributed by atoms with E-state index in [0.717, 1.165) is 69.6 Å². The largest absolute Gasteiger partial charge is 0.462 e. The summed E-state index contributed by atoms with van der Waals surface area (Å²) in [6, 6.07) is 0. The van der Waals surface area contributed by atoms with Gasteiger partial charge in [-0.2, -0.15) is 0 Å². The minimum Gasteiger partial charge on any atom is -0.462 e. The van der Waals surface area contributed by atoms with E-state index in [1.54, 1.807) is 0 Å². The number of carbonyl (C=O) groups is 3. The Morgan fingerprint density at radius 3 is 0.983 bits per heavy atom. The molecule has 0 amide bonds. The van der Waals surface area contributed by atoms with Crippen LogP contribution >= 0.6 is 0 Å². The molecular formula is C52H100O6. The first-order valence-corrected chi connectivity index (χ1v) is 25.8. The lowest BCUT2D eigenvalue weighted by Crippen LogP contribution is -2.30. The molecule has 0 aliphatic rings. The summed E-state index contributed by atoms with van der Waals surface area (Å²) >= 11 is 0. The number of carbonyl (C=O) groups excluding carboxylic acids is 3. The first-order valence-electron chi connectivity index (χ1n) is 25.8. The van der Waals surface area contributed by atoms with Crippen molar-refractivity contribution < 1.29 is 28.6 Å². The Balaban J connectivity index is 4.30. The summed E-state index contributed by atoms with van der Waals surface area (Å²) in [4.78, 5) is 37.9. The predicted molar refractivity (Wildman–Crippen MR) is 247 cm³/mol. The first-order chi connectivity index (χ1) is 28.3. The molecule has 0 radical (unpaired) electrons. The van der Waals surface area contributed by atoms with Crippen molar-refractivity contribution in [3.05, 3.63) is 0 Å². The predicted octanol–water partition coefficient (Wildman–Crippen LogP) is 16.5. The Kier molecular flexibility index (Phi) is 43.7. The fraction of sp³-hybridized carbons (Fsp3) is 0.942. The zero-order chi connectivity index (χ0) is 42.6. The number of esters is 3. The highest BCUT2D eigenvalue weighted by molar-refractivity contribution is 5.71. The van der Waals surface area contributed by atoms with Crippen LogP contribution in [0.25, 0.3) is 0 Å². The van der Waals surface area contributed by atoms with E-state index in [9.17, 15) is 14.4 Å². The van der Waals surface area contributed by atoms with Crippen LogP contribution in [0, 0.1) is 11.8 Å². The van der Waals surface area contributed by atoms with Gasteiger partial charge in [-0.05, 0) is 31.1 Å². The summed E-state index contributed by atoms with van der Waals surface area (Å²) in [6.45, 7) is 11.4. The monoisotopic (exact) mass is 821 g/mol. The molecular weight excluding hydrogens is 721 g/mol. The van der Waals surface area contributed by atoms with Gasteiger partial charge in [0.2, 0.25) is 0 Å². The van der Waals surface area contributed by atoms with Gasteiger partial charge in [-0.1, -0.05) is 247 Å². The molecule has 0 N–H and O–H groups in total. The maximum absolute atomic E-state index is 12.8. The van der Waals surface area contributed by atoms with Gasteiger partial charge in [0.1, 0.15) is 13.2 Å². The van der Waals surface area contributed by atoms with Crippen LogP contribution in [-0.4, -0.2) is 37.2 Å². The van der Waals surface area contributed by atoms with E-state index in [-0.39, 0.29) is 31.1 Å². The fourth-order valence-corrected chi connectivity index (χ4v) is 7.78. The summed E-state index contributed by atoms with van der Waals surface area (Å²) in [5.41, 5.74) is 0. The molecule has 6 heteroatoms. The van der Waals surface area contributed by atoms with Crippen molar-refractivity contribution in [2.24, 2.45) is 11.8 Å². The van der Waals surface area contributed by atoms with E-state index < -0.39 is 6.10 Å². The van der Waals surface area contributed by atoms with Crippen molar-refractivity contribution in [1.82, 2.24) is 0 Å². The van der Waals surface area contributed by atoms with Gasteiger partial charge in [0.25, 0.3) is 0 Å². The molecule has 344 valence electrons. The van der Waals surface area contributed by atoms with Gasteiger partial charge < -0.3 is 14.2 Å². The Labute approximate surface area is 361 Å². The number of rotatable bonds is 46. The van der Waals surface area contributed by atoms with Crippen LogP contribution in [0.5, 0.6) is 0 Å². The van der Waals surface area contributed by atoms with Crippen LogP contribution in [0.4, 0.5) is 0 Å². The van der Waals surface area contributed by atoms with Gasteiger partial charge in [0, 0.05) is 19.3 Å². The first kappa shape index (κ1) is 56.4. The minimum absolute atomic E-state index is 0.0642. The molecule has 0 bridgehead atoms. The average molecular weight is 821 g/mol. The van der Waals surface area contributed by atoms with Crippen LogP contribution in [0.15, 0.2) is 0 Å². The van der Waals surface area contributed by atoms with Crippen molar-refractivity contribution in [2.75, 3.05) is 13.2 Å². The highest BCUT2D eigenvalue weighted by atomic mass is 16.6. The lowest BCUT2D eigenvalue weighted by Gasteiger charge is -2.18. The summed E-state index contributed by atoms with van der Waals surface area (Å²) in [5, 5.41) is 0. The maximum Gasteiger partial charge on any atom is 0.306 e. The molecule has 6 nitrogen and oxygen atoms in total. The third-order valence-electron chi connectivity index (χ3n) is 12.1. The Bertz CT molecular complexity index is 887. The third kappa shape index (κ3) is 44.0. The van der Waals surface area contributed by atoms with E-state index >= 15 is 0 Å². The smallest absolute Gasteiger partial charge is 0.306 e. The third-order valence-corrected chi connectivity index (χ3v) is 12.1. The molecule has 2 atom stereocenters. The number of unbranched alkanes of at least 4 members (excludes halogenated alkanes) is 30. The topological polar surface area (TPSA) is 78.9 Å². The van der Waals surface area contributed by atoms with Gasteiger partial charge in [-0.15, -0.1) is 0 Å². The average Bonchev–Trinajstić information content (AvgIpc) is 3.21.